The second-order valence-corrected chi connectivity index (χ2v) is 25.2. The van der Waals surface area contributed by atoms with E-state index in [0.29, 0.717) is 19.3 Å². The van der Waals surface area contributed by atoms with Crippen molar-refractivity contribution in [3.8, 4) is 0 Å². The molecule has 0 heterocycles. The molecule has 0 radical (unpaired) electrons. The van der Waals surface area contributed by atoms with Crippen LogP contribution in [0.25, 0.3) is 0 Å². The monoisotopic (exact) mass is 1160 g/mol. The first-order valence-corrected chi connectivity index (χ1v) is 37.1. The first-order chi connectivity index (χ1) is 41.0. The molecule has 0 rings (SSSR count). The van der Waals surface area contributed by atoms with Gasteiger partial charge in [-0.2, -0.15) is 0 Å². The summed E-state index contributed by atoms with van der Waals surface area (Å²) in [5, 5.41) is 0. The Labute approximate surface area is 518 Å². The van der Waals surface area contributed by atoms with E-state index in [1.807, 2.05) is 0 Å². The molecule has 6 nitrogen and oxygen atoms in total. The minimum absolute atomic E-state index is 0.0734. The number of rotatable bonds is 69. The molecule has 0 aromatic rings. The molecule has 0 spiro atoms. The van der Waals surface area contributed by atoms with Crippen molar-refractivity contribution < 1.29 is 28.6 Å². The van der Waals surface area contributed by atoms with Gasteiger partial charge in [-0.1, -0.05) is 339 Å². The Kier molecular flexibility index (Phi) is 69.6. The molecule has 0 aliphatic heterocycles. The SMILES string of the molecule is CCCC/C=C\CCCCCCCC(=O)OCC(COC(=O)CCCCCCCCCCCCCCCCCCCCCCC/C=C\CCCCCCCCCC)OC(=O)CCCCCCCCCCC/C=C\C/C=C\CCCCCCC. The Bertz CT molecular complexity index is 1430. The van der Waals surface area contributed by atoms with Gasteiger partial charge in [-0.25, -0.2) is 0 Å². The largest absolute Gasteiger partial charge is 0.462 e. The first kappa shape index (κ1) is 80.4. The van der Waals surface area contributed by atoms with Crippen LogP contribution in [0.15, 0.2) is 48.6 Å². The quantitative estimate of drug-likeness (QED) is 0.0261. The lowest BCUT2D eigenvalue weighted by Crippen LogP contribution is -2.30. The maximum Gasteiger partial charge on any atom is 0.306 e. The van der Waals surface area contributed by atoms with E-state index < -0.39 is 6.10 Å². The lowest BCUT2D eigenvalue weighted by Gasteiger charge is -2.18. The predicted octanol–water partition coefficient (Wildman–Crippen LogP) is 25.7. The molecular weight excluding hydrogens is 1020 g/mol. The van der Waals surface area contributed by atoms with E-state index >= 15 is 0 Å². The van der Waals surface area contributed by atoms with Gasteiger partial charge in [-0.3, -0.25) is 14.4 Å². The van der Waals surface area contributed by atoms with Crippen molar-refractivity contribution in [1.29, 1.82) is 0 Å². The van der Waals surface area contributed by atoms with Gasteiger partial charge in [0.2, 0.25) is 0 Å². The molecule has 0 saturated carbocycles. The smallest absolute Gasteiger partial charge is 0.306 e. The van der Waals surface area contributed by atoms with Crippen molar-refractivity contribution >= 4 is 17.9 Å². The van der Waals surface area contributed by atoms with Crippen molar-refractivity contribution in [3.05, 3.63) is 48.6 Å². The van der Waals surface area contributed by atoms with Crippen molar-refractivity contribution in [2.45, 2.75) is 412 Å². The highest BCUT2D eigenvalue weighted by Gasteiger charge is 2.19. The van der Waals surface area contributed by atoms with E-state index in [0.717, 1.165) is 70.6 Å². The summed E-state index contributed by atoms with van der Waals surface area (Å²) in [5.74, 6) is -0.863. The van der Waals surface area contributed by atoms with E-state index in [1.165, 1.54) is 295 Å². The number of carbonyl (C=O) groups is 3. The van der Waals surface area contributed by atoms with Gasteiger partial charge in [-0.05, 0) is 96.3 Å². The number of allylic oxidation sites excluding steroid dienone is 8. The Morgan fingerprint density at radius 1 is 0.241 bits per heavy atom. The Balaban J connectivity index is 4.10. The van der Waals surface area contributed by atoms with Crippen molar-refractivity contribution in [3.63, 3.8) is 0 Å². The van der Waals surface area contributed by atoms with Crippen LogP contribution in [0, 0.1) is 0 Å². The Hall–Kier alpha value is -2.63. The van der Waals surface area contributed by atoms with Crippen LogP contribution in [0.2, 0.25) is 0 Å². The fraction of sp³-hybridized carbons (Fsp3) is 0.857. The molecule has 1 unspecified atom stereocenters. The zero-order chi connectivity index (χ0) is 59.9. The van der Waals surface area contributed by atoms with E-state index in [2.05, 4.69) is 69.4 Å². The van der Waals surface area contributed by atoms with Gasteiger partial charge in [0.25, 0.3) is 0 Å². The van der Waals surface area contributed by atoms with E-state index in [4.69, 9.17) is 14.2 Å². The molecule has 0 aromatic carbocycles. The molecule has 83 heavy (non-hydrogen) atoms. The van der Waals surface area contributed by atoms with Crippen molar-refractivity contribution in [1.82, 2.24) is 0 Å². The van der Waals surface area contributed by atoms with Crippen LogP contribution in [0.3, 0.4) is 0 Å². The zero-order valence-corrected chi connectivity index (χ0v) is 56.0. The highest BCUT2D eigenvalue weighted by atomic mass is 16.6. The van der Waals surface area contributed by atoms with Crippen LogP contribution in [0.5, 0.6) is 0 Å². The third-order valence-corrected chi connectivity index (χ3v) is 16.8. The third-order valence-electron chi connectivity index (χ3n) is 16.8. The van der Waals surface area contributed by atoms with Gasteiger partial charge in [0, 0.05) is 19.3 Å². The van der Waals surface area contributed by atoms with Crippen LogP contribution in [0.4, 0.5) is 0 Å². The van der Waals surface area contributed by atoms with Crippen LogP contribution >= 0.6 is 0 Å². The summed E-state index contributed by atoms with van der Waals surface area (Å²) >= 11 is 0. The molecule has 0 N–H and O–H groups in total. The number of esters is 3. The van der Waals surface area contributed by atoms with Crippen LogP contribution in [-0.2, 0) is 28.6 Å². The maximum atomic E-state index is 12.9. The highest BCUT2D eigenvalue weighted by Crippen LogP contribution is 2.18. The van der Waals surface area contributed by atoms with Gasteiger partial charge >= 0.3 is 17.9 Å². The van der Waals surface area contributed by atoms with E-state index in [9.17, 15) is 14.4 Å². The molecule has 0 aliphatic carbocycles. The Morgan fingerprint density at radius 3 is 0.711 bits per heavy atom. The second kappa shape index (κ2) is 71.8. The van der Waals surface area contributed by atoms with Crippen molar-refractivity contribution in [2.75, 3.05) is 13.2 Å². The summed E-state index contributed by atoms with van der Waals surface area (Å²) in [6.45, 7) is 6.64. The fourth-order valence-electron chi connectivity index (χ4n) is 11.2. The molecule has 0 amide bonds. The molecular formula is C77H142O6. The summed E-state index contributed by atoms with van der Waals surface area (Å²) in [6, 6.07) is 0. The summed E-state index contributed by atoms with van der Waals surface area (Å²) in [6.07, 6.45) is 91.7. The maximum absolute atomic E-state index is 12.9. The molecule has 0 aromatic heterocycles. The van der Waals surface area contributed by atoms with Gasteiger partial charge in [-0.15, -0.1) is 0 Å². The summed E-state index contributed by atoms with van der Waals surface area (Å²) < 4.78 is 17.0. The molecule has 486 valence electrons. The number of ether oxygens (including phenoxy) is 3. The number of hydrogen-bond acceptors (Lipinski definition) is 6. The van der Waals surface area contributed by atoms with Crippen LogP contribution in [-0.4, -0.2) is 37.2 Å². The van der Waals surface area contributed by atoms with Gasteiger partial charge in [0.05, 0.1) is 0 Å². The molecule has 0 fully saturated rings. The second-order valence-electron chi connectivity index (χ2n) is 25.2. The van der Waals surface area contributed by atoms with Gasteiger partial charge in [0.1, 0.15) is 13.2 Å². The van der Waals surface area contributed by atoms with Crippen molar-refractivity contribution in [2.24, 2.45) is 0 Å². The number of unbranched alkanes of at least 4 members (excludes halogenated alkanes) is 50. The molecule has 0 aliphatic rings. The molecule has 1 atom stereocenters. The predicted molar refractivity (Wildman–Crippen MR) is 362 cm³/mol. The molecule has 0 bridgehead atoms. The standard InChI is InChI=1S/C77H142O6/c1-4-7-10-13-16-19-22-24-26-28-30-32-33-34-35-36-37-38-39-40-41-42-43-45-46-48-50-52-55-58-61-64-67-70-76(79)82-73-74(72-81-75(78)69-66-63-60-57-54-21-18-15-12-9-6-3)83-77(80)71-68-65-62-59-56-53-51-49-47-44-31-29-27-25-23-20-17-14-11-8-5-2/h15,18,23,25,28-31,74H,4-14,16-17,19-22,24,26-27,32-73H2,1-3H3/b18-15-,25-23-,30-28-,31-29-. The lowest BCUT2D eigenvalue weighted by atomic mass is 10.0. The normalized spacial score (nSPS) is 12.3. The third kappa shape index (κ3) is 70.0. The summed E-state index contributed by atoms with van der Waals surface area (Å²) in [4.78, 5) is 38.4. The average molecular weight is 1160 g/mol. The lowest BCUT2D eigenvalue weighted by molar-refractivity contribution is -0.167. The topological polar surface area (TPSA) is 78.9 Å². The van der Waals surface area contributed by atoms with E-state index in [1.54, 1.807) is 0 Å². The van der Waals surface area contributed by atoms with E-state index in [-0.39, 0.29) is 31.1 Å². The zero-order valence-electron chi connectivity index (χ0n) is 56.0. The molecule has 0 saturated heterocycles. The van der Waals surface area contributed by atoms with Crippen LogP contribution < -0.4 is 0 Å². The van der Waals surface area contributed by atoms with Gasteiger partial charge in [0.15, 0.2) is 6.10 Å². The highest BCUT2D eigenvalue weighted by molar-refractivity contribution is 5.71. The first-order valence-electron chi connectivity index (χ1n) is 37.1. The minimum Gasteiger partial charge on any atom is -0.462 e. The average Bonchev–Trinajstić information content (AvgIpc) is 3.48. The summed E-state index contributed by atoms with van der Waals surface area (Å²) in [5.41, 5.74) is 0. The summed E-state index contributed by atoms with van der Waals surface area (Å²) in [7, 11) is 0. The van der Waals surface area contributed by atoms with Gasteiger partial charge < -0.3 is 14.2 Å². The fourth-order valence-corrected chi connectivity index (χ4v) is 11.2. The van der Waals surface area contributed by atoms with Crippen LogP contribution in [0.1, 0.15) is 406 Å². The molecule has 6 heteroatoms. The number of carbonyl (C=O) groups excluding carboxylic acids is 3. The minimum atomic E-state index is -0.778. The Morgan fingerprint density at radius 2 is 0.446 bits per heavy atom. The number of hydrogen-bond donors (Lipinski definition) is 0.